The molecule has 26 heavy (non-hydrogen) atoms. The van der Waals surface area contributed by atoms with Crippen LogP contribution < -0.4 is 5.32 Å². The maximum Gasteiger partial charge on any atom is 0.256 e. The average molecular weight is 347 g/mol. The first-order valence-corrected chi connectivity index (χ1v) is 8.48. The van der Waals surface area contributed by atoms with Gasteiger partial charge in [0.15, 0.2) is 0 Å². The first-order valence-electron chi connectivity index (χ1n) is 8.48. The summed E-state index contributed by atoms with van der Waals surface area (Å²) < 4.78 is 0. The van der Waals surface area contributed by atoms with Crippen molar-refractivity contribution in [2.24, 2.45) is 0 Å². The first kappa shape index (κ1) is 17.6. The van der Waals surface area contributed by atoms with Gasteiger partial charge in [0.1, 0.15) is 0 Å². The number of anilines is 2. The van der Waals surface area contributed by atoms with Crippen LogP contribution in [0.1, 0.15) is 15.9 Å². The second-order valence-corrected chi connectivity index (χ2v) is 5.85. The zero-order valence-electron chi connectivity index (χ0n) is 14.4. The summed E-state index contributed by atoms with van der Waals surface area (Å²) in [4.78, 5) is 18.8. The van der Waals surface area contributed by atoms with E-state index >= 15 is 0 Å². The Balaban J connectivity index is 1.85. The molecule has 3 aromatic rings. The van der Waals surface area contributed by atoms with Gasteiger partial charge in [0.05, 0.1) is 17.9 Å². The molecule has 5 nitrogen and oxygen atoms in total. The number of aliphatic hydroxyl groups excluding tert-OH is 1. The number of carbonyl (C=O) groups excluding carboxylic acids is 1. The van der Waals surface area contributed by atoms with E-state index in [0.29, 0.717) is 12.1 Å². The maximum atomic E-state index is 13.1. The van der Waals surface area contributed by atoms with Gasteiger partial charge in [0.2, 0.25) is 0 Å². The molecule has 5 heteroatoms. The lowest BCUT2D eigenvalue weighted by atomic mass is 10.1. The van der Waals surface area contributed by atoms with Crippen molar-refractivity contribution in [3.63, 3.8) is 0 Å². The van der Waals surface area contributed by atoms with Crippen LogP contribution in [-0.2, 0) is 6.54 Å². The predicted octanol–water partition coefficient (Wildman–Crippen LogP) is 3.46. The van der Waals surface area contributed by atoms with E-state index in [0.717, 1.165) is 16.9 Å². The highest BCUT2D eigenvalue weighted by Crippen LogP contribution is 2.22. The number of aromatic nitrogens is 1. The normalized spacial score (nSPS) is 10.3. The number of carbonyl (C=O) groups is 1. The third-order valence-electron chi connectivity index (χ3n) is 3.96. The number of hydrogen-bond acceptors (Lipinski definition) is 4. The molecule has 1 amide bonds. The van der Waals surface area contributed by atoms with E-state index in [2.05, 4.69) is 10.3 Å². The van der Waals surface area contributed by atoms with Crippen molar-refractivity contribution in [2.75, 3.05) is 18.5 Å². The molecule has 0 unspecified atom stereocenters. The highest BCUT2D eigenvalue weighted by molar-refractivity contribution is 6.00. The fraction of sp³-hybridized carbons (Fsp3) is 0.143. The summed E-state index contributed by atoms with van der Waals surface area (Å²) >= 11 is 0. The van der Waals surface area contributed by atoms with Crippen molar-refractivity contribution in [1.29, 1.82) is 0 Å². The van der Waals surface area contributed by atoms with Gasteiger partial charge in [0, 0.05) is 31.2 Å². The topological polar surface area (TPSA) is 65.5 Å². The molecule has 0 aliphatic heterocycles. The van der Waals surface area contributed by atoms with Crippen molar-refractivity contribution in [1.82, 2.24) is 9.88 Å². The van der Waals surface area contributed by atoms with Gasteiger partial charge in [0.25, 0.3) is 5.91 Å². The van der Waals surface area contributed by atoms with E-state index < -0.39 is 0 Å². The molecule has 0 saturated carbocycles. The van der Waals surface area contributed by atoms with E-state index in [1.54, 1.807) is 23.4 Å². The number of pyridine rings is 1. The molecule has 0 saturated heterocycles. The van der Waals surface area contributed by atoms with E-state index in [1.807, 2.05) is 60.7 Å². The molecule has 0 spiro atoms. The SMILES string of the molecule is O=C(c1ccccc1Nc1ccccc1)N(CCO)Cc1cccnc1. The van der Waals surface area contributed by atoms with Gasteiger partial charge in [-0.15, -0.1) is 0 Å². The minimum atomic E-state index is -0.137. The Morgan fingerprint density at radius 1 is 1.00 bits per heavy atom. The molecule has 0 radical (unpaired) electrons. The molecule has 132 valence electrons. The summed E-state index contributed by atoms with van der Waals surface area (Å²) in [7, 11) is 0. The Morgan fingerprint density at radius 3 is 2.50 bits per heavy atom. The van der Waals surface area contributed by atoms with Gasteiger partial charge in [-0.05, 0) is 35.9 Å². The lowest BCUT2D eigenvalue weighted by Gasteiger charge is -2.23. The Hall–Kier alpha value is -3.18. The highest BCUT2D eigenvalue weighted by atomic mass is 16.3. The zero-order chi connectivity index (χ0) is 18.2. The molecule has 0 aliphatic rings. The number of rotatable bonds is 7. The number of nitrogens with one attached hydrogen (secondary N) is 1. The molecule has 0 fully saturated rings. The Morgan fingerprint density at radius 2 is 1.77 bits per heavy atom. The minimum Gasteiger partial charge on any atom is -0.395 e. The second kappa shape index (κ2) is 8.78. The van der Waals surface area contributed by atoms with Crippen LogP contribution in [0.25, 0.3) is 0 Å². The van der Waals surface area contributed by atoms with E-state index in [1.165, 1.54) is 0 Å². The van der Waals surface area contributed by atoms with Crippen molar-refractivity contribution in [3.8, 4) is 0 Å². The molecule has 0 aliphatic carbocycles. The van der Waals surface area contributed by atoms with Crippen LogP contribution in [0.4, 0.5) is 11.4 Å². The smallest absolute Gasteiger partial charge is 0.256 e. The number of amides is 1. The van der Waals surface area contributed by atoms with E-state index in [9.17, 15) is 9.90 Å². The van der Waals surface area contributed by atoms with Gasteiger partial charge < -0.3 is 15.3 Å². The molecule has 1 aromatic heterocycles. The Labute approximate surface area is 152 Å². The summed E-state index contributed by atoms with van der Waals surface area (Å²) in [6.45, 7) is 0.556. The van der Waals surface area contributed by atoms with Gasteiger partial charge in [-0.1, -0.05) is 36.4 Å². The lowest BCUT2D eigenvalue weighted by molar-refractivity contribution is 0.0708. The molecule has 2 aromatic carbocycles. The molecule has 1 heterocycles. The van der Waals surface area contributed by atoms with E-state index in [4.69, 9.17) is 0 Å². The van der Waals surface area contributed by atoms with Gasteiger partial charge in [-0.25, -0.2) is 0 Å². The lowest BCUT2D eigenvalue weighted by Crippen LogP contribution is -2.33. The maximum absolute atomic E-state index is 13.1. The minimum absolute atomic E-state index is 0.0969. The third kappa shape index (κ3) is 4.46. The van der Waals surface area contributed by atoms with Crippen LogP contribution in [0.2, 0.25) is 0 Å². The summed E-state index contributed by atoms with van der Waals surface area (Å²) in [5, 5.41) is 12.7. The standard InChI is InChI=1S/C21H21N3O2/c25-14-13-24(16-17-7-6-12-22-15-17)21(26)19-10-4-5-11-20(19)23-18-8-2-1-3-9-18/h1-12,15,23,25H,13-14,16H2. The van der Waals surface area contributed by atoms with Crippen LogP contribution in [0.3, 0.4) is 0 Å². The largest absolute Gasteiger partial charge is 0.395 e. The summed E-state index contributed by atoms with van der Waals surface area (Å²) in [5.41, 5.74) is 3.13. The van der Waals surface area contributed by atoms with Crippen molar-refractivity contribution >= 4 is 17.3 Å². The molecule has 2 N–H and O–H groups in total. The number of aliphatic hydroxyl groups is 1. The fourth-order valence-electron chi connectivity index (χ4n) is 2.71. The van der Waals surface area contributed by atoms with Gasteiger partial charge >= 0.3 is 0 Å². The average Bonchev–Trinajstić information content (AvgIpc) is 2.69. The Bertz CT molecular complexity index is 838. The van der Waals surface area contributed by atoms with Crippen LogP contribution in [0.15, 0.2) is 79.1 Å². The quantitative estimate of drug-likeness (QED) is 0.687. The second-order valence-electron chi connectivity index (χ2n) is 5.85. The molecule has 3 rings (SSSR count). The van der Waals surface area contributed by atoms with Crippen LogP contribution in [0.5, 0.6) is 0 Å². The third-order valence-corrected chi connectivity index (χ3v) is 3.96. The number of hydrogen-bond donors (Lipinski definition) is 2. The highest BCUT2D eigenvalue weighted by Gasteiger charge is 2.19. The Kier molecular flexibility index (Phi) is 5.96. The van der Waals surface area contributed by atoms with Crippen molar-refractivity contribution < 1.29 is 9.90 Å². The molecule has 0 bridgehead atoms. The number of para-hydroxylation sites is 2. The summed E-state index contributed by atoms with van der Waals surface area (Å²) in [6, 6.07) is 20.9. The summed E-state index contributed by atoms with van der Waals surface area (Å²) in [6.07, 6.45) is 3.42. The number of benzene rings is 2. The molecule has 0 atom stereocenters. The number of nitrogens with zero attached hydrogens (tertiary/aromatic N) is 2. The van der Waals surface area contributed by atoms with Gasteiger partial charge in [-0.3, -0.25) is 9.78 Å². The van der Waals surface area contributed by atoms with Crippen molar-refractivity contribution in [2.45, 2.75) is 6.54 Å². The van der Waals surface area contributed by atoms with Gasteiger partial charge in [-0.2, -0.15) is 0 Å². The zero-order valence-corrected chi connectivity index (χ0v) is 14.4. The predicted molar refractivity (Wildman–Crippen MR) is 102 cm³/mol. The van der Waals surface area contributed by atoms with Crippen LogP contribution in [-0.4, -0.2) is 34.0 Å². The van der Waals surface area contributed by atoms with Crippen LogP contribution >= 0.6 is 0 Å². The summed E-state index contributed by atoms with van der Waals surface area (Å²) in [5.74, 6) is -0.137. The monoisotopic (exact) mass is 347 g/mol. The van der Waals surface area contributed by atoms with Crippen molar-refractivity contribution in [3.05, 3.63) is 90.3 Å². The fourth-order valence-corrected chi connectivity index (χ4v) is 2.71. The first-order chi connectivity index (χ1) is 12.8. The molecular weight excluding hydrogens is 326 g/mol. The van der Waals surface area contributed by atoms with E-state index in [-0.39, 0.29) is 19.1 Å². The molecular formula is C21H21N3O2. The van der Waals surface area contributed by atoms with Crippen LogP contribution in [0, 0.1) is 0 Å².